The largest absolute Gasteiger partial charge is 0.452 e. The van der Waals surface area contributed by atoms with Crippen LogP contribution >= 0.6 is 15.9 Å². The standard InChI is InChI=1S/C9H10BrN3O/c10-9-2-1-8(14-9)7(3-11)13-6-4-12-5-6/h1-2,6-7,12-13H,4-5H2. The van der Waals surface area contributed by atoms with Crippen molar-refractivity contribution in [3.8, 4) is 6.07 Å². The van der Waals surface area contributed by atoms with Crippen LogP contribution in [0.4, 0.5) is 0 Å². The van der Waals surface area contributed by atoms with E-state index in [1.807, 2.05) is 0 Å². The molecular weight excluding hydrogens is 246 g/mol. The van der Waals surface area contributed by atoms with Crippen molar-refractivity contribution in [3.05, 3.63) is 22.6 Å². The van der Waals surface area contributed by atoms with Crippen molar-refractivity contribution < 1.29 is 4.42 Å². The van der Waals surface area contributed by atoms with Gasteiger partial charge in [-0.05, 0) is 28.1 Å². The normalized spacial score (nSPS) is 18.6. The van der Waals surface area contributed by atoms with E-state index in [2.05, 4.69) is 32.6 Å². The highest BCUT2D eigenvalue weighted by Crippen LogP contribution is 2.20. The van der Waals surface area contributed by atoms with Crippen LogP contribution in [0.3, 0.4) is 0 Å². The fourth-order valence-corrected chi connectivity index (χ4v) is 1.63. The van der Waals surface area contributed by atoms with E-state index in [-0.39, 0.29) is 6.04 Å². The molecule has 14 heavy (non-hydrogen) atoms. The molecule has 1 unspecified atom stereocenters. The Balaban J connectivity index is 2.02. The first-order valence-corrected chi connectivity index (χ1v) is 5.20. The summed E-state index contributed by atoms with van der Waals surface area (Å²) in [5.74, 6) is 0.659. The Morgan fingerprint density at radius 2 is 2.43 bits per heavy atom. The SMILES string of the molecule is N#CC(NC1CNC1)c1ccc(Br)o1. The van der Waals surface area contributed by atoms with Crippen molar-refractivity contribution >= 4 is 15.9 Å². The van der Waals surface area contributed by atoms with Crippen LogP contribution in [0.15, 0.2) is 21.2 Å². The van der Waals surface area contributed by atoms with E-state index in [1.165, 1.54) is 0 Å². The second-order valence-corrected chi connectivity index (χ2v) is 4.01. The van der Waals surface area contributed by atoms with Gasteiger partial charge in [0.25, 0.3) is 0 Å². The summed E-state index contributed by atoms with van der Waals surface area (Å²) in [6.45, 7) is 1.83. The smallest absolute Gasteiger partial charge is 0.169 e. The number of nitriles is 1. The van der Waals surface area contributed by atoms with Crippen molar-refractivity contribution in [3.63, 3.8) is 0 Å². The van der Waals surface area contributed by atoms with Gasteiger partial charge < -0.3 is 9.73 Å². The minimum Gasteiger partial charge on any atom is -0.452 e. The van der Waals surface area contributed by atoms with Crippen LogP contribution in [0.1, 0.15) is 11.8 Å². The second-order valence-electron chi connectivity index (χ2n) is 3.23. The Hall–Kier alpha value is -0.830. The molecular formula is C9H10BrN3O. The third-order valence-electron chi connectivity index (χ3n) is 2.19. The molecule has 0 radical (unpaired) electrons. The van der Waals surface area contributed by atoms with E-state index in [0.29, 0.717) is 16.5 Å². The van der Waals surface area contributed by atoms with Crippen molar-refractivity contribution in [2.75, 3.05) is 13.1 Å². The molecule has 0 spiro atoms. The summed E-state index contributed by atoms with van der Waals surface area (Å²) in [6.07, 6.45) is 0. The van der Waals surface area contributed by atoms with Gasteiger partial charge in [0.05, 0.1) is 6.07 Å². The number of nitrogens with zero attached hydrogens (tertiary/aromatic N) is 1. The molecule has 1 aromatic rings. The maximum Gasteiger partial charge on any atom is 0.169 e. The first-order valence-electron chi connectivity index (χ1n) is 4.41. The van der Waals surface area contributed by atoms with Gasteiger partial charge in [-0.3, -0.25) is 5.32 Å². The van der Waals surface area contributed by atoms with Crippen LogP contribution in [0, 0.1) is 11.3 Å². The van der Waals surface area contributed by atoms with Crippen molar-refractivity contribution in [1.82, 2.24) is 10.6 Å². The molecule has 0 aliphatic carbocycles. The fourth-order valence-electron chi connectivity index (χ4n) is 1.31. The summed E-state index contributed by atoms with van der Waals surface area (Å²) < 4.78 is 5.97. The summed E-state index contributed by atoms with van der Waals surface area (Å²) in [5.41, 5.74) is 0. The Morgan fingerprint density at radius 1 is 1.64 bits per heavy atom. The summed E-state index contributed by atoms with van der Waals surface area (Å²) in [6, 6.07) is 5.80. The zero-order valence-electron chi connectivity index (χ0n) is 7.46. The minimum atomic E-state index is -0.353. The van der Waals surface area contributed by atoms with E-state index < -0.39 is 0 Å². The number of hydrogen-bond acceptors (Lipinski definition) is 4. The van der Waals surface area contributed by atoms with Gasteiger partial charge in [0.15, 0.2) is 10.7 Å². The summed E-state index contributed by atoms with van der Waals surface area (Å²) >= 11 is 3.21. The molecule has 1 aromatic heterocycles. The van der Waals surface area contributed by atoms with Crippen LogP contribution in [-0.4, -0.2) is 19.1 Å². The van der Waals surface area contributed by atoms with E-state index in [4.69, 9.17) is 9.68 Å². The molecule has 1 aliphatic heterocycles. The lowest BCUT2D eigenvalue weighted by molar-refractivity contribution is 0.330. The zero-order valence-corrected chi connectivity index (χ0v) is 9.04. The Bertz CT molecular complexity index is 353. The van der Waals surface area contributed by atoms with Crippen molar-refractivity contribution in [2.45, 2.75) is 12.1 Å². The van der Waals surface area contributed by atoms with Gasteiger partial charge in [-0.1, -0.05) is 0 Å². The van der Waals surface area contributed by atoms with E-state index in [0.717, 1.165) is 13.1 Å². The summed E-state index contributed by atoms with van der Waals surface area (Å²) in [5, 5.41) is 15.3. The average molecular weight is 256 g/mol. The third-order valence-corrected chi connectivity index (χ3v) is 2.62. The van der Waals surface area contributed by atoms with Gasteiger partial charge in [-0.25, -0.2) is 0 Å². The predicted molar refractivity (Wildman–Crippen MR) is 54.6 cm³/mol. The highest BCUT2D eigenvalue weighted by molar-refractivity contribution is 9.10. The molecule has 1 atom stereocenters. The molecule has 0 amide bonds. The molecule has 1 fully saturated rings. The van der Waals surface area contributed by atoms with Gasteiger partial charge in [-0.15, -0.1) is 0 Å². The highest BCUT2D eigenvalue weighted by atomic mass is 79.9. The topological polar surface area (TPSA) is 61.0 Å². The Labute approximate surface area is 90.4 Å². The number of furan rings is 1. The molecule has 5 heteroatoms. The van der Waals surface area contributed by atoms with Gasteiger partial charge in [0.1, 0.15) is 5.76 Å². The van der Waals surface area contributed by atoms with Crippen LogP contribution in [0.5, 0.6) is 0 Å². The predicted octanol–water partition coefficient (Wildman–Crippen LogP) is 1.17. The highest BCUT2D eigenvalue weighted by Gasteiger charge is 2.23. The summed E-state index contributed by atoms with van der Waals surface area (Å²) in [7, 11) is 0. The molecule has 0 bridgehead atoms. The van der Waals surface area contributed by atoms with Crippen molar-refractivity contribution in [1.29, 1.82) is 5.26 Å². The lowest BCUT2D eigenvalue weighted by Gasteiger charge is -2.29. The molecule has 4 nitrogen and oxygen atoms in total. The molecule has 1 aliphatic rings. The zero-order chi connectivity index (χ0) is 9.97. The number of halogens is 1. The summed E-state index contributed by atoms with van der Waals surface area (Å²) in [4.78, 5) is 0. The molecule has 0 saturated carbocycles. The minimum absolute atomic E-state index is 0.353. The van der Waals surface area contributed by atoms with Crippen LogP contribution in [0.25, 0.3) is 0 Å². The van der Waals surface area contributed by atoms with Gasteiger partial charge in [0.2, 0.25) is 0 Å². The van der Waals surface area contributed by atoms with Gasteiger partial charge >= 0.3 is 0 Å². The van der Waals surface area contributed by atoms with Gasteiger partial charge in [-0.2, -0.15) is 5.26 Å². The third kappa shape index (κ3) is 1.98. The van der Waals surface area contributed by atoms with Crippen LogP contribution < -0.4 is 10.6 Å². The van der Waals surface area contributed by atoms with E-state index >= 15 is 0 Å². The molecule has 0 aromatic carbocycles. The first kappa shape index (κ1) is 9.71. The number of nitrogens with one attached hydrogen (secondary N) is 2. The van der Waals surface area contributed by atoms with Crippen LogP contribution in [-0.2, 0) is 0 Å². The average Bonchev–Trinajstić information content (AvgIpc) is 2.50. The number of hydrogen-bond donors (Lipinski definition) is 2. The van der Waals surface area contributed by atoms with Crippen LogP contribution in [0.2, 0.25) is 0 Å². The first-order chi connectivity index (χ1) is 6.79. The molecule has 2 heterocycles. The molecule has 1 saturated heterocycles. The fraction of sp³-hybridized carbons (Fsp3) is 0.444. The molecule has 74 valence electrons. The lowest BCUT2D eigenvalue weighted by Crippen LogP contribution is -2.55. The monoisotopic (exact) mass is 255 g/mol. The van der Waals surface area contributed by atoms with E-state index in [9.17, 15) is 0 Å². The Kier molecular flexibility index (Phi) is 2.87. The van der Waals surface area contributed by atoms with Gasteiger partial charge in [0, 0.05) is 19.1 Å². The maximum atomic E-state index is 8.95. The molecule has 2 rings (SSSR count). The maximum absolute atomic E-state index is 8.95. The van der Waals surface area contributed by atoms with Crippen molar-refractivity contribution in [2.24, 2.45) is 0 Å². The Morgan fingerprint density at radius 3 is 2.86 bits per heavy atom. The lowest BCUT2D eigenvalue weighted by atomic mass is 10.1. The quantitative estimate of drug-likeness (QED) is 0.852. The number of rotatable bonds is 3. The van der Waals surface area contributed by atoms with E-state index in [1.54, 1.807) is 12.1 Å². The molecule has 2 N–H and O–H groups in total. The second kappa shape index (κ2) is 4.13.